The summed E-state index contributed by atoms with van der Waals surface area (Å²) >= 11 is 0. The first-order valence-corrected chi connectivity index (χ1v) is 12.5. The number of methoxy groups -OCH3 is 2. The van der Waals surface area contributed by atoms with E-state index in [-0.39, 0.29) is 22.7 Å². The van der Waals surface area contributed by atoms with Gasteiger partial charge in [-0.15, -0.1) is 0 Å². The van der Waals surface area contributed by atoms with E-state index in [2.05, 4.69) is 50.9 Å². The summed E-state index contributed by atoms with van der Waals surface area (Å²) in [5.74, 6) is -1.50. The average molecular weight is 509 g/mol. The van der Waals surface area contributed by atoms with Crippen LogP contribution in [0.4, 0.5) is 0 Å². The summed E-state index contributed by atoms with van der Waals surface area (Å²) in [6, 6.07) is 5.98. The van der Waals surface area contributed by atoms with Gasteiger partial charge in [-0.05, 0) is 73.4 Å². The van der Waals surface area contributed by atoms with E-state index < -0.39 is 11.9 Å². The lowest BCUT2D eigenvalue weighted by Crippen LogP contribution is -2.30. The summed E-state index contributed by atoms with van der Waals surface area (Å²) < 4.78 is 10.9. The third-order valence-electron chi connectivity index (χ3n) is 7.39. The second-order valence-electron chi connectivity index (χ2n) is 10.3. The van der Waals surface area contributed by atoms with Gasteiger partial charge in [0.1, 0.15) is 11.5 Å². The van der Waals surface area contributed by atoms with Crippen LogP contribution in [0, 0.1) is 16.7 Å². The van der Waals surface area contributed by atoms with E-state index in [4.69, 9.17) is 29.3 Å². The van der Waals surface area contributed by atoms with Gasteiger partial charge in [-0.25, -0.2) is 9.59 Å². The van der Waals surface area contributed by atoms with Crippen LogP contribution in [0.2, 0.25) is 0 Å². The molecule has 0 unspecified atom stereocenters. The number of carbonyl (C=O) groups is 3. The van der Waals surface area contributed by atoms with E-state index >= 15 is 0 Å². The maximum atomic E-state index is 12.5. The molecule has 9 heteroatoms. The molecule has 36 heavy (non-hydrogen) atoms. The second-order valence-corrected chi connectivity index (χ2v) is 10.3. The Morgan fingerprint density at radius 1 is 0.944 bits per heavy atom. The van der Waals surface area contributed by atoms with E-state index in [1.807, 2.05) is 12.1 Å². The van der Waals surface area contributed by atoms with Crippen LogP contribution in [0.3, 0.4) is 0 Å². The SMILES string of the molecule is CCCN(CCCCNC(=O)C1C(C)(C)C1(C)C)CCc1cc(OC)ccc1OC.O=C(O)C(=O)O. The first kappa shape index (κ1) is 31.2. The molecule has 2 rings (SSSR count). The molecule has 0 aliphatic heterocycles. The molecule has 1 amide bonds. The summed E-state index contributed by atoms with van der Waals surface area (Å²) in [5, 5.41) is 17.9. The van der Waals surface area contributed by atoms with Crippen molar-refractivity contribution < 1.29 is 34.1 Å². The zero-order valence-corrected chi connectivity index (χ0v) is 22.8. The molecule has 0 spiro atoms. The molecule has 1 aliphatic rings. The normalized spacial score (nSPS) is 15.4. The molecule has 204 valence electrons. The van der Waals surface area contributed by atoms with Crippen LogP contribution in [0.1, 0.15) is 59.4 Å². The Bertz CT molecular complexity index is 857. The zero-order chi connectivity index (χ0) is 27.5. The Hall–Kier alpha value is -2.81. The van der Waals surface area contributed by atoms with Gasteiger partial charge in [0.05, 0.1) is 14.2 Å². The first-order valence-electron chi connectivity index (χ1n) is 12.5. The topological polar surface area (TPSA) is 125 Å². The molecule has 3 N–H and O–H groups in total. The first-order chi connectivity index (χ1) is 16.8. The van der Waals surface area contributed by atoms with Gasteiger partial charge in [0, 0.05) is 19.0 Å². The Balaban J connectivity index is 0.000000960. The Kier molecular flexibility index (Phi) is 12.2. The minimum Gasteiger partial charge on any atom is -0.497 e. The van der Waals surface area contributed by atoms with Gasteiger partial charge in [0.2, 0.25) is 5.91 Å². The zero-order valence-electron chi connectivity index (χ0n) is 22.8. The molecule has 1 aromatic rings. The van der Waals surface area contributed by atoms with Crippen LogP contribution in [0.25, 0.3) is 0 Å². The van der Waals surface area contributed by atoms with E-state index in [9.17, 15) is 4.79 Å². The van der Waals surface area contributed by atoms with Crippen LogP contribution in [0.15, 0.2) is 18.2 Å². The number of nitrogens with zero attached hydrogens (tertiary/aromatic N) is 1. The number of amides is 1. The molecule has 0 heterocycles. The fraction of sp³-hybridized carbons (Fsp3) is 0.667. The number of carboxylic acids is 2. The molecular weight excluding hydrogens is 464 g/mol. The minimum atomic E-state index is -1.82. The number of carbonyl (C=O) groups excluding carboxylic acids is 1. The molecule has 0 radical (unpaired) electrons. The largest absolute Gasteiger partial charge is 0.497 e. The van der Waals surface area contributed by atoms with Crippen molar-refractivity contribution in [3.8, 4) is 11.5 Å². The highest BCUT2D eigenvalue weighted by molar-refractivity contribution is 6.27. The maximum absolute atomic E-state index is 12.5. The van der Waals surface area contributed by atoms with Crippen molar-refractivity contribution in [3.05, 3.63) is 23.8 Å². The van der Waals surface area contributed by atoms with Crippen LogP contribution in [0.5, 0.6) is 11.5 Å². The Morgan fingerprint density at radius 2 is 1.56 bits per heavy atom. The van der Waals surface area contributed by atoms with Gasteiger partial charge in [0.25, 0.3) is 0 Å². The summed E-state index contributed by atoms with van der Waals surface area (Å²) in [6.45, 7) is 14.9. The lowest BCUT2D eigenvalue weighted by molar-refractivity contribution is -0.159. The number of ether oxygens (including phenoxy) is 2. The third kappa shape index (κ3) is 8.69. The van der Waals surface area contributed by atoms with Crippen molar-refractivity contribution >= 4 is 17.8 Å². The molecule has 0 atom stereocenters. The number of carboxylic acid groups (broad SMARTS) is 2. The Labute approximate surface area is 215 Å². The fourth-order valence-electron chi connectivity index (χ4n) is 4.63. The van der Waals surface area contributed by atoms with Crippen molar-refractivity contribution in [1.29, 1.82) is 0 Å². The number of nitrogens with one attached hydrogen (secondary N) is 1. The number of hydrogen-bond donors (Lipinski definition) is 3. The van der Waals surface area contributed by atoms with E-state index in [1.165, 1.54) is 5.56 Å². The van der Waals surface area contributed by atoms with Crippen LogP contribution < -0.4 is 14.8 Å². The monoisotopic (exact) mass is 508 g/mol. The Morgan fingerprint density at radius 3 is 2.03 bits per heavy atom. The molecule has 1 aliphatic carbocycles. The number of rotatable bonds is 13. The predicted octanol–water partition coefficient (Wildman–Crippen LogP) is 3.69. The third-order valence-corrected chi connectivity index (χ3v) is 7.39. The van der Waals surface area contributed by atoms with Crippen molar-refractivity contribution in [3.63, 3.8) is 0 Å². The van der Waals surface area contributed by atoms with Gasteiger partial charge in [0.15, 0.2) is 0 Å². The van der Waals surface area contributed by atoms with Gasteiger partial charge >= 0.3 is 11.9 Å². The summed E-state index contributed by atoms with van der Waals surface area (Å²) in [7, 11) is 3.41. The van der Waals surface area contributed by atoms with Crippen LogP contribution >= 0.6 is 0 Å². The van der Waals surface area contributed by atoms with Gasteiger partial charge in [-0.1, -0.05) is 34.6 Å². The molecule has 1 aromatic carbocycles. The lowest BCUT2D eigenvalue weighted by Gasteiger charge is -2.22. The van der Waals surface area contributed by atoms with Gasteiger partial charge in [-0.3, -0.25) is 4.79 Å². The molecule has 0 saturated heterocycles. The smallest absolute Gasteiger partial charge is 0.414 e. The van der Waals surface area contributed by atoms with Crippen molar-refractivity contribution in [2.75, 3.05) is 40.4 Å². The fourth-order valence-corrected chi connectivity index (χ4v) is 4.63. The average Bonchev–Trinajstić information content (AvgIpc) is 3.24. The standard InChI is InChI=1S/C25H42N2O3.C2H2O4/c1-8-15-27(17-13-19-18-20(29-6)11-12-21(19)30-7)16-10-9-14-26-23(28)22-24(2,3)25(22,4)5;3-1(4)2(5)6/h11-12,18,22H,8-10,13-17H2,1-7H3,(H,26,28);(H,3,4)(H,5,6). The van der Waals surface area contributed by atoms with Crippen molar-refractivity contribution in [2.24, 2.45) is 16.7 Å². The number of hydrogen-bond acceptors (Lipinski definition) is 6. The van der Waals surface area contributed by atoms with E-state index in [0.29, 0.717) is 0 Å². The summed E-state index contributed by atoms with van der Waals surface area (Å²) in [4.78, 5) is 33.2. The van der Waals surface area contributed by atoms with Gasteiger partial charge in [-0.2, -0.15) is 0 Å². The van der Waals surface area contributed by atoms with E-state index in [1.54, 1.807) is 14.2 Å². The quantitative estimate of drug-likeness (QED) is 0.272. The highest BCUT2D eigenvalue weighted by Gasteiger charge is 2.68. The van der Waals surface area contributed by atoms with Crippen LogP contribution in [-0.2, 0) is 20.8 Å². The lowest BCUT2D eigenvalue weighted by atomic mass is 10.0. The highest BCUT2D eigenvalue weighted by atomic mass is 16.5. The second kappa shape index (κ2) is 14.1. The molecular formula is C27H44N2O7. The maximum Gasteiger partial charge on any atom is 0.414 e. The number of benzene rings is 1. The molecule has 0 bridgehead atoms. The summed E-state index contributed by atoms with van der Waals surface area (Å²) in [6.07, 6.45) is 4.18. The van der Waals surface area contributed by atoms with Crippen molar-refractivity contribution in [2.45, 2.75) is 60.3 Å². The number of unbranched alkanes of at least 4 members (excludes halogenated alkanes) is 1. The summed E-state index contributed by atoms with van der Waals surface area (Å²) in [5.41, 5.74) is 1.40. The molecule has 1 fully saturated rings. The minimum absolute atomic E-state index is 0.107. The van der Waals surface area contributed by atoms with E-state index in [0.717, 1.165) is 63.4 Å². The van der Waals surface area contributed by atoms with Crippen molar-refractivity contribution in [1.82, 2.24) is 10.2 Å². The molecule has 9 nitrogen and oxygen atoms in total. The van der Waals surface area contributed by atoms with Crippen LogP contribution in [-0.4, -0.2) is 73.4 Å². The molecule has 0 aromatic heterocycles. The van der Waals surface area contributed by atoms with Gasteiger partial charge < -0.3 is 29.9 Å². The predicted molar refractivity (Wildman–Crippen MR) is 139 cm³/mol. The number of aliphatic carboxylic acids is 2. The molecule has 1 saturated carbocycles. The highest BCUT2D eigenvalue weighted by Crippen LogP contribution is 2.68.